The standard InChI is InChI=1S/C21H17NO4S/c23-13-15-8-10-17(11-9-15)21(25)26-14-19(24)22-20(18-7-4-12-27-18)16-5-2-1-3-6-16/h1-13,20H,14H2,(H,22,24). The largest absolute Gasteiger partial charge is 0.452 e. The van der Waals surface area contributed by atoms with E-state index in [1.165, 1.54) is 24.3 Å². The molecule has 0 saturated heterocycles. The lowest BCUT2D eigenvalue weighted by atomic mass is 10.1. The Morgan fingerprint density at radius 3 is 2.37 bits per heavy atom. The number of hydrogen-bond donors (Lipinski definition) is 1. The van der Waals surface area contributed by atoms with E-state index in [2.05, 4.69) is 5.32 Å². The van der Waals surface area contributed by atoms with Gasteiger partial charge in [-0.15, -0.1) is 11.3 Å². The van der Waals surface area contributed by atoms with Gasteiger partial charge >= 0.3 is 5.97 Å². The maximum absolute atomic E-state index is 12.3. The minimum Gasteiger partial charge on any atom is -0.452 e. The van der Waals surface area contributed by atoms with Gasteiger partial charge in [0.15, 0.2) is 6.61 Å². The Morgan fingerprint density at radius 2 is 1.74 bits per heavy atom. The predicted molar refractivity (Wildman–Crippen MR) is 103 cm³/mol. The number of amides is 1. The number of rotatable bonds is 7. The summed E-state index contributed by atoms with van der Waals surface area (Å²) < 4.78 is 5.08. The first-order valence-corrected chi connectivity index (χ1v) is 9.15. The molecule has 3 aromatic rings. The number of aldehydes is 1. The first kappa shape index (κ1) is 18.5. The lowest BCUT2D eigenvalue weighted by Gasteiger charge is -2.18. The van der Waals surface area contributed by atoms with E-state index in [1.54, 1.807) is 11.3 Å². The van der Waals surface area contributed by atoms with Crippen molar-refractivity contribution in [1.82, 2.24) is 5.32 Å². The molecule has 3 rings (SSSR count). The van der Waals surface area contributed by atoms with Crippen LogP contribution in [0.5, 0.6) is 0 Å². The molecule has 6 heteroatoms. The van der Waals surface area contributed by atoms with Gasteiger partial charge in [-0.3, -0.25) is 9.59 Å². The molecule has 0 aliphatic heterocycles. The van der Waals surface area contributed by atoms with Gasteiger partial charge < -0.3 is 10.1 Å². The van der Waals surface area contributed by atoms with E-state index in [4.69, 9.17) is 4.74 Å². The zero-order chi connectivity index (χ0) is 19.1. The second kappa shape index (κ2) is 8.91. The molecule has 0 saturated carbocycles. The molecule has 1 amide bonds. The summed E-state index contributed by atoms with van der Waals surface area (Å²) in [6.07, 6.45) is 0.691. The van der Waals surface area contributed by atoms with Gasteiger partial charge in [-0.05, 0) is 29.1 Å². The van der Waals surface area contributed by atoms with Gasteiger partial charge in [-0.25, -0.2) is 4.79 Å². The summed E-state index contributed by atoms with van der Waals surface area (Å²) in [5.41, 5.74) is 1.70. The molecule has 0 radical (unpaired) electrons. The number of benzene rings is 2. The number of thiophene rings is 1. The van der Waals surface area contributed by atoms with Crippen LogP contribution >= 0.6 is 11.3 Å². The van der Waals surface area contributed by atoms with Crippen LogP contribution in [0.1, 0.15) is 37.2 Å². The minimum atomic E-state index is -0.616. The molecule has 2 aromatic carbocycles. The molecule has 0 aliphatic carbocycles. The highest BCUT2D eigenvalue weighted by Crippen LogP contribution is 2.25. The SMILES string of the molecule is O=Cc1ccc(C(=O)OCC(=O)NC(c2ccccc2)c2cccs2)cc1. The van der Waals surface area contributed by atoms with E-state index in [-0.39, 0.29) is 18.2 Å². The highest BCUT2D eigenvalue weighted by atomic mass is 32.1. The van der Waals surface area contributed by atoms with Crippen LogP contribution in [0.15, 0.2) is 72.1 Å². The summed E-state index contributed by atoms with van der Waals surface area (Å²) in [5, 5.41) is 4.85. The molecule has 0 bridgehead atoms. The highest BCUT2D eigenvalue weighted by Gasteiger charge is 2.19. The first-order chi connectivity index (χ1) is 13.2. The van der Waals surface area contributed by atoms with E-state index in [1.807, 2.05) is 47.8 Å². The lowest BCUT2D eigenvalue weighted by Crippen LogP contribution is -2.32. The topological polar surface area (TPSA) is 72.5 Å². The fourth-order valence-electron chi connectivity index (χ4n) is 2.53. The molecule has 1 heterocycles. The van der Waals surface area contributed by atoms with Crippen LogP contribution in [0.2, 0.25) is 0 Å². The Kier molecular flexibility index (Phi) is 6.12. The average molecular weight is 379 g/mol. The summed E-state index contributed by atoms with van der Waals surface area (Å²) >= 11 is 1.54. The quantitative estimate of drug-likeness (QED) is 0.503. The predicted octanol–water partition coefficient (Wildman–Crippen LogP) is 3.62. The fraction of sp³-hybridized carbons (Fsp3) is 0.0952. The maximum Gasteiger partial charge on any atom is 0.338 e. The summed E-state index contributed by atoms with van der Waals surface area (Å²) in [5.74, 6) is -1.01. The van der Waals surface area contributed by atoms with Crippen molar-refractivity contribution in [3.8, 4) is 0 Å². The van der Waals surface area contributed by atoms with Crippen molar-refractivity contribution in [3.05, 3.63) is 93.7 Å². The van der Waals surface area contributed by atoms with Crippen LogP contribution in [0.25, 0.3) is 0 Å². The molecular formula is C21H17NO4S. The smallest absolute Gasteiger partial charge is 0.338 e. The molecule has 0 spiro atoms. The van der Waals surface area contributed by atoms with Gasteiger partial charge in [0, 0.05) is 10.4 Å². The number of carbonyl (C=O) groups is 3. The van der Waals surface area contributed by atoms with Crippen molar-refractivity contribution in [2.45, 2.75) is 6.04 Å². The minimum absolute atomic E-state index is 0.284. The Hall–Kier alpha value is -3.25. The Balaban J connectivity index is 1.62. The van der Waals surface area contributed by atoms with Gasteiger partial charge in [-0.2, -0.15) is 0 Å². The Morgan fingerprint density at radius 1 is 1.00 bits per heavy atom. The van der Waals surface area contributed by atoms with Crippen LogP contribution in [0, 0.1) is 0 Å². The third-order valence-electron chi connectivity index (χ3n) is 3.88. The third-order valence-corrected chi connectivity index (χ3v) is 4.82. The van der Waals surface area contributed by atoms with Gasteiger partial charge in [0.1, 0.15) is 6.29 Å². The molecule has 0 aliphatic rings. The van der Waals surface area contributed by atoms with Gasteiger partial charge in [-0.1, -0.05) is 48.5 Å². The molecule has 0 fully saturated rings. The van der Waals surface area contributed by atoms with Crippen LogP contribution in [-0.2, 0) is 9.53 Å². The van der Waals surface area contributed by atoms with Crippen molar-refractivity contribution < 1.29 is 19.1 Å². The number of hydrogen-bond acceptors (Lipinski definition) is 5. The zero-order valence-corrected chi connectivity index (χ0v) is 15.1. The molecule has 1 N–H and O–H groups in total. The van der Waals surface area contributed by atoms with Crippen molar-refractivity contribution in [3.63, 3.8) is 0 Å². The van der Waals surface area contributed by atoms with Crippen molar-refractivity contribution in [1.29, 1.82) is 0 Å². The van der Waals surface area contributed by atoms with Crippen LogP contribution < -0.4 is 5.32 Å². The van der Waals surface area contributed by atoms with Crippen LogP contribution in [-0.4, -0.2) is 24.8 Å². The Labute approximate surface area is 160 Å². The number of carbonyl (C=O) groups excluding carboxylic acids is 3. The second-order valence-corrected chi connectivity index (χ2v) is 6.72. The van der Waals surface area contributed by atoms with E-state index >= 15 is 0 Å². The number of esters is 1. The monoisotopic (exact) mass is 379 g/mol. The molecular weight excluding hydrogens is 362 g/mol. The van der Waals surface area contributed by atoms with Gasteiger partial charge in [0.2, 0.25) is 0 Å². The van der Waals surface area contributed by atoms with Crippen LogP contribution in [0.4, 0.5) is 0 Å². The molecule has 1 aromatic heterocycles. The van der Waals surface area contributed by atoms with E-state index in [0.29, 0.717) is 11.8 Å². The van der Waals surface area contributed by atoms with E-state index in [0.717, 1.165) is 10.4 Å². The number of nitrogens with one attached hydrogen (secondary N) is 1. The lowest BCUT2D eigenvalue weighted by molar-refractivity contribution is -0.124. The van der Waals surface area contributed by atoms with Crippen molar-refractivity contribution in [2.24, 2.45) is 0 Å². The second-order valence-electron chi connectivity index (χ2n) is 5.74. The average Bonchev–Trinajstić information content (AvgIpc) is 3.25. The maximum atomic E-state index is 12.3. The number of ether oxygens (including phenoxy) is 1. The third kappa shape index (κ3) is 4.89. The summed E-state index contributed by atoms with van der Waals surface area (Å²) in [6.45, 7) is -0.386. The fourth-order valence-corrected chi connectivity index (χ4v) is 3.34. The summed E-state index contributed by atoms with van der Waals surface area (Å²) in [6, 6.07) is 19.2. The Bertz CT molecular complexity index is 905. The van der Waals surface area contributed by atoms with Crippen molar-refractivity contribution in [2.75, 3.05) is 6.61 Å². The van der Waals surface area contributed by atoms with Gasteiger partial charge in [0.25, 0.3) is 5.91 Å². The first-order valence-electron chi connectivity index (χ1n) is 8.27. The van der Waals surface area contributed by atoms with E-state index in [9.17, 15) is 14.4 Å². The van der Waals surface area contributed by atoms with E-state index < -0.39 is 11.9 Å². The molecule has 1 atom stereocenters. The zero-order valence-electron chi connectivity index (χ0n) is 14.3. The molecule has 136 valence electrons. The van der Waals surface area contributed by atoms with Gasteiger partial charge in [0.05, 0.1) is 11.6 Å². The highest BCUT2D eigenvalue weighted by molar-refractivity contribution is 7.10. The van der Waals surface area contributed by atoms with Crippen LogP contribution in [0.3, 0.4) is 0 Å². The van der Waals surface area contributed by atoms with Crippen molar-refractivity contribution >= 4 is 29.5 Å². The molecule has 1 unspecified atom stereocenters. The molecule has 5 nitrogen and oxygen atoms in total. The summed E-state index contributed by atoms with van der Waals surface area (Å²) in [4.78, 5) is 36.0. The summed E-state index contributed by atoms with van der Waals surface area (Å²) in [7, 11) is 0. The normalized spacial score (nSPS) is 11.4. The molecule has 27 heavy (non-hydrogen) atoms.